The summed E-state index contributed by atoms with van der Waals surface area (Å²) in [4.78, 5) is 0. The van der Waals surface area contributed by atoms with E-state index in [-0.39, 0.29) is 23.6 Å². The van der Waals surface area contributed by atoms with Crippen molar-refractivity contribution < 1.29 is 50.8 Å². The van der Waals surface area contributed by atoms with Crippen LogP contribution in [0.25, 0.3) is 0 Å². The zero-order valence-corrected chi connectivity index (χ0v) is 16.0. The molecular weight excluding hydrogens is 418 g/mol. The standard InChI is InChI=1S/C11H21NO11S3/c1-25(17,18)4-2-3-7(12-23-26(19,20)21)24-11-10(16)9(15)8(14)6(5-13)22-11/h6,8-11,13-16H,2-5H2,1H3,(H,19,20,21)/b12-7+/t6-,8-,9+,10+,11+/m0/s1. The largest absolute Gasteiger partial charge is 0.466 e. The molecule has 5 N–H and O–H groups in total. The topological polar surface area (TPSA) is 200 Å². The third-order valence-corrected chi connectivity index (χ3v) is 5.71. The molecule has 1 saturated heterocycles. The second-order valence-corrected chi connectivity index (χ2v) is 9.97. The summed E-state index contributed by atoms with van der Waals surface area (Å²) in [5.74, 6) is -0.243. The van der Waals surface area contributed by atoms with Crippen molar-refractivity contribution in [1.82, 2.24) is 0 Å². The number of nitrogens with zero attached hydrogens (tertiary/aromatic N) is 1. The van der Waals surface area contributed by atoms with Crippen LogP contribution in [0.2, 0.25) is 0 Å². The highest BCUT2D eigenvalue weighted by molar-refractivity contribution is 8.14. The minimum atomic E-state index is -4.91. The van der Waals surface area contributed by atoms with Crippen molar-refractivity contribution in [3.63, 3.8) is 0 Å². The van der Waals surface area contributed by atoms with Crippen LogP contribution in [-0.2, 0) is 29.3 Å². The van der Waals surface area contributed by atoms with Gasteiger partial charge in [0.05, 0.1) is 12.4 Å². The molecule has 0 spiro atoms. The monoisotopic (exact) mass is 439 g/mol. The average molecular weight is 439 g/mol. The molecule has 0 saturated carbocycles. The van der Waals surface area contributed by atoms with Gasteiger partial charge in [0.1, 0.15) is 44.7 Å². The Morgan fingerprint density at radius 1 is 1.15 bits per heavy atom. The molecule has 5 atom stereocenters. The van der Waals surface area contributed by atoms with Crippen LogP contribution >= 0.6 is 11.8 Å². The van der Waals surface area contributed by atoms with Crippen molar-refractivity contribution in [1.29, 1.82) is 0 Å². The first kappa shape index (κ1) is 23.5. The first-order valence-corrected chi connectivity index (χ1v) is 11.5. The van der Waals surface area contributed by atoms with Gasteiger partial charge in [-0.05, 0) is 6.42 Å². The predicted octanol–water partition coefficient (Wildman–Crippen LogP) is -2.52. The lowest BCUT2D eigenvalue weighted by Gasteiger charge is -2.39. The molecule has 1 aliphatic rings. The molecule has 1 fully saturated rings. The van der Waals surface area contributed by atoms with E-state index in [1.54, 1.807) is 0 Å². The molecule has 1 rings (SSSR count). The van der Waals surface area contributed by atoms with E-state index in [1.807, 2.05) is 0 Å². The molecule has 0 radical (unpaired) electrons. The quantitative estimate of drug-likeness (QED) is 0.115. The molecule has 1 heterocycles. The van der Waals surface area contributed by atoms with Crippen LogP contribution in [0.4, 0.5) is 0 Å². The Hall–Kier alpha value is -0.520. The fourth-order valence-corrected chi connectivity index (χ4v) is 4.01. The van der Waals surface area contributed by atoms with Crippen LogP contribution in [0.5, 0.6) is 0 Å². The summed E-state index contributed by atoms with van der Waals surface area (Å²) in [6.07, 6.45) is -5.12. The molecule has 0 unspecified atom stereocenters. The summed E-state index contributed by atoms with van der Waals surface area (Å²) < 4.78 is 61.4. The Morgan fingerprint density at radius 3 is 2.27 bits per heavy atom. The normalized spacial score (nSPS) is 31.0. The number of oxime groups is 1. The summed E-state index contributed by atoms with van der Waals surface area (Å²) in [7, 11) is -8.21. The van der Waals surface area contributed by atoms with E-state index in [0.717, 1.165) is 6.26 Å². The van der Waals surface area contributed by atoms with Gasteiger partial charge in [0.15, 0.2) is 0 Å². The van der Waals surface area contributed by atoms with Crippen molar-refractivity contribution in [2.24, 2.45) is 5.16 Å². The highest BCUT2D eigenvalue weighted by atomic mass is 32.3. The zero-order chi connectivity index (χ0) is 20.1. The number of hydrogen-bond donors (Lipinski definition) is 5. The first-order chi connectivity index (χ1) is 11.8. The second kappa shape index (κ2) is 9.61. The van der Waals surface area contributed by atoms with E-state index in [9.17, 15) is 32.2 Å². The van der Waals surface area contributed by atoms with E-state index in [4.69, 9.17) is 14.4 Å². The molecule has 154 valence electrons. The number of ether oxygens (including phenoxy) is 1. The number of aliphatic hydroxyl groups is 4. The maximum atomic E-state index is 11.2. The summed E-state index contributed by atoms with van der Waals surface area (Å²) >= 11 is 0.590. The number of aliphatic hydroxyl groups excluding tert-OH is 4. The van der Waals surface area contributed by atoms with Crippen LogP contribution in [0.3, 0.4) is 0 Å². The maximum Gasteiger partial charge on any atom is 0.466 e. The third-order valence-electron chi connectivity index (χ3n) is 3.24. The molecule has 15 heteroatoms. The van der Waals surface area contributed by atoms with Crippen LogP contribution in [0.1, 0.15) is 12.8 Å². The van der Waals surface area contributed by atoms with Gasteiger partial charge in [-0.25, -0.2) is 12.7 Å². The molecule has 0 aliphatic carbocycles. The van der Waals surface area contributed by atoms with Crippen LogP contribution in [-0.4, -0.2) is 95.3 Å². The minimum Gasteiger partial charge on any atom is -0.394 e. The molecule has 0 amide bonds. The lowest BCUT2D eigenvalue weighted by Crippen LogP contribution is -2.57. The highest BCUT2D eigenvalue weighted by Gasteiger charge is 2.44. The SMILES string of the molecule is CS(=O)(=O)CCC/C(=N\OS(=O)(=O)O)S[C@H]1O[C@@H](CO)[C@H](O)[C@@H](O)[C@H]1O. The Kier molecular flexibility index (Phi) is 8.69. The summed E-state index contributed by atoms with van der Waals surface area (Å²) in [5, 5.41) is 41.6. The second-order valence-electron chi connectivity index (χ2n) is 5.54. The van der Waals surface area contributed by atoms with E-state index < -0.39 is 56.7 Å². The van der Waals surface area contributed by atoms with E-state index in [2.05, 4.69) is 9.44 Å². The van der Waals surface area contributed by atoms with Gasteiger partial charge < -0.3 is 25.2 Å². The lowest BCUT2D eigenvalue weighted by molar-refractivity contribution is -0.205. The molecule has 0 aromatic carbocycles. The van der Waals surface area contributed by atoms with E-state index >= 15 is 0 Å². The summed E-state index contributed by atoms with van der Waals surface area (Å²) in [6.45, 7) is -0.663. The van der Waals surface area contributed by atoms with Gasteiger partial charge in [-0.2, -0.15) is 8.42 Å². The third kappa shape index (κ3) is 8.01. The molecule has 0 aromatic heterocycles. The van der Waals surface area contributed by atoms with Gasteiger partial charge in [0, 0.05) is 12.7 Å². The average Bonchev–Trinajstić information content (AvgIpc) is 2.50. The Balaban J connectivity index is 2.88. The van der Waals surface area contributed by atoms with Crippen molar-refractivity contribution >= 4 is 37.0 Å². The minimum absolute atomic E-state index is 0.0247. The van der Waals surface area contributed by atoms with Gasteiger partial charge in [-0.15, -0.1) is 0 Å². The first-order valence-electron chi connectivity index (χ1n) is 7.22. The Bertz CT molecular complexity index is 690. The smallest absolute Gasteiger partial charge is 0.394 e. The summed E-state index contributed by atoms with van der Waals surface area (Å²) in [5.41, 5.74) is -1.27. The fraction of sp³-hybridized carbons (Fsp3) is 0.909. The zero-order valence-electron chi connectivity index (χ0n) is 13.6. The van der Waals surface area contributed by atoms with Gasteiger partial charge in [-0.1, -0.05) is 16.9 Å². The van der Waals surface area contributed by atoms with Crippen LogP contribution < -0.4 is 0 Å². The van der Waals surface area contributed by atoms with Gasteiger partial charge >= 0.3 is 10.4 Å². The Morgan fingerprint density at radius 2 is 1.77 bits per heavy atom. The number of hydrogen-bond acceptors (Lipinski definition) is 12. The predicted molar refractivity (Wildman–Crippen MR) is 90.4 cm³/mol. The van der Waals surface area contributed by atoms with Crippen LogP contribution in [0.15, 0.2) is 5.16 Å². The number of sulfone groups is 1. The summed E-state index contributed by atoms with van der Waals surface area (Å²) in [6, 6.07) is 0. The Labute approximate surface area is 154 Å². The van der Waals surface area contributed by atoms with Gasteiger partial charge in [0.25, 0.3) is 0 Å². The van der Waals surface area contributed by atoms with Crippen LogP contribution in [0, 0.1) is 0 Å². The van der Waals surface area contributed by atoms with Crippen molar-refractivity contribution in [2.45, 2.75) is 42.7 Å². The van der Waals surface area contributed by atoms with Crippen molar-refractivity contribution in [3.05, 3.63) is 0 Å². The van der Waals surface area contributed by atoms with Crippen molar-refractivity contribution in [3.8, 4) is 0 Å². The van der Waals surface area contributed by atoms with Gasteiger partial charge in [-0.3, -0.25) is 4.55 Å². The molecule has 0 bridgehead atoms. The number of rotatable bonds is 8. The highest BCUT2D eigenvalue weighted by Crippen LogP contribution is 2.30. The van der Waals surface area contributed by atoms with Gasteiger partial charge in [0.2, 0.25) is 0 Å². The maximum absolute atomic E-state index is 11.2. The lowest BCUT2D eigenvalue weighted by atomic mass is 10.0. The number of thioether (sulfide) groups is 1. The molecule has 1 aliphatic heterocycles. The molecule has 26 heavy (non-hydrogen) atoms. The molecular formula is C11H21NO11S3. The van der Waals surface area contributed by atoms with E-state index in [0.29, 0.717) is 11.8 Å². The van der Waals surface area contributed by atoms with E-state index in [1.165, 1.54) is 0 Å². The fourth-order valence-electron chi connectivity index (χ4n) is 2.00. The molecule has 0 aromatic rings. The molecule has 12 nitrogen and oxygen atoms in total. The van der Waals surface area contributed by atoms with Crippen molar-refractivity contribution in [2.75, 3.05) is 18.6 Å².